The van der Waals surface area contributed by atoms with Gasteiger partial charge in [-0.25, -0.2) is 0 Å². The molecule has 0 aromatic rings. The third-order valence-corrected chi connectivity index (χ3v) is 12.4. The quantitative estimate of drug-likeness (QED) is 0.0321. The molecule has 6 nitrogen and oxygen atoms in total. The number of carbonyl (C=O) groups is 2. The van der Waals surface area contributed by atoms with Crippen molar-refractivity contribution in [3.8, 4) is 0 Å². The minimum atomic E-state index is -0.877. The lowest BCUT2D eigenvalue weighted by molar-refractivity contribution is -0.143. The molecular weight excluding hydrogens is 767 g/mol. The van der Waals surface area contributed by atoms with Gasteiger partial charge in [-0.1, -0.05) is 230 Å². The molecule has 2 atom stereocenters. The maximum Gasteiger partial charge on any atom is 0.305 e. The fourth-order valence-electron chi connectivity index (χ4n) is 8.16. The Labute approximate surface area is 385 Å². The van der Waals surface area contributed by atoms with Crippen LogP contribution in [0.4, 0.5) is 0 Å². The molecule has 0 aromatic heterocycles. The number of esters is 1. The number of nitrogens with one attached hydrogen (secondary N) is 1. The van der Waals surface area contributed by atoms with Gasteiger partial charge in [0.1, 0.15) is 0 Å². The zero-order chi connectivity index (χ0) is 45.1. The number of aliphatic hydroxyl groups excluding tert-OH is 2. The number of ether oxygens (including phenoxy) is 1. The topological polar surface area (TPSA) is 95.9 Å². The van der Waals surface area contributed by atoms with Crippen LogP contribution in [-0.2, 0) is 14.3 Å². The average molecular weight is 872 g/mol. The maximum atomic E-state index is 12.4. The smallest absolute Gasteiger partial charge is 0.305 e. The summed E-state index contributed by atoms with van der Waals surface area (Å²) in [6.45, 7) is 4.81. The van der Waals surface area contributed by atoms with Crippen LogP contribution in [0.5, 0.6) is 0 Å². The molecule has 0 aliphatic rings. The van der Waals surface area contributed by atoms with Crippen LogP contribution in [0.25, 0.3) is 0 Å². The molecule has 364 valence electrons. The van der Waals surface area contributed by atoms with Crippen molar-refractivity contribution in [3.63, 3.8) is 0 Å². The predicted octanol–water partition coefficient (Wildman–Crippen LogP) is 16.5. The normalized spacial score (nSPS) is 12.9. The van der Waals surface area contributed by atoms with E-state index in [1.54, 1.807) is 6.08 Å². The van der Waals surface area contributed by atoms with Crippen molar-refractivity contribution in [2.45, 2.75) is 296 Å². The van der Waals surface area contributed by atoms with Gasteiger partial charge in [0.2, 0.25) is 5.91 Å². The van der Waals surface area contributed by atoms with E-state index in [1.807, 2.05) is 6.08 Å². The van der Waals surface area contributed by atoms with E-state index in [-0.39, 0.29) is 18.5 Å². The number of hydrogen-bond acceptors (Lipinski definition) is 5. The molecule has 0 aliphatic carbocycles. The first-order valence-electron chi connectivity index (χ1n) is 27.3. The van der Waals surface area contributed by atoms with Crippen LogP contribution in [0.1, 0.15) is 284 Å². The second-order valence-electron chi connectivity index (χ2n) is 18.5. The third-order valence-electron chi connectivity index (χ3n) is 12.4. The molecule has 1 amide bonds. The van der Waals surface area contributed by atoms with Gasteiger partial charge in [-0.05, 0) is 77.0 Å². The fraction of sp³-hybridized carbons (Fsp3) is 0.857. The van der Waals surface area contributed by atoms with E-state index in [4.69, 9.17) is 4.74 Å². The molecule has 0 rings (SSSR count). The second-order valence-corrected chi connectivity index (χ2v) is 18.5. The molecule has 0 heterocycles. The minimum absolute atomic E-state index is 0.0459. The van der Waals surface area contributed by atoms with Gasteiger partial charge in [-0.15, -0.1) is 0 Å². The standard InChI is InChI=1S/C56H105NO5/c1-3-5-7-9-11-13-15-17-19-20-21-22-23-24-26-27-29-32-36-40-44-48-54(59)53(52-58)57-55(60)49-45-41-37-33-31-35-39-43-47-51-62-56(61)50-46-42-38-34-30-28-25-18-16-14-12-10-8-6-4-2/h18,25,33,37,44,48,53-54,58-59H,3-17,19-24,26-32,34-36,38-43,45-47,49-52H2,1-2H3,(H,57,60)/b25-18-,37-33-,48-44+. The van der Waals surface area contributed by atoms with Gasteiger partial charge < -0.3 is 20.3 Å². The van der Waals surface area contributed by atoms with E-state index in [2.05, 4.69) is 43.5 Å². The molecule has 6 heteroatoms. The zero-order valence-corrected chi connectivity index (χ0v) is 41.4. The first kappa shape index (κ1) is 60.1. The lowest BCUT2D eigenvalue weighted by Crippen LogP contribution is -2.45. The SMILES string of the molecule is CCCCCCCC/C=C\CCCCCCCC(=O)OCCCCCC/C=C\CCCC(=O)NC(CO)C(O)/C=C/CCCCCCCCCCCCCCCCCCCCC. The van der Waals surface area contributed by atoms with Gasteiger partial charge in [0, 0.05) is 12.8 Å². The number of unbranched alkanes of at least 4 members (excludes halogenated alkanes) is 35. The van der Waals surface area contributed by atoms with Gasteiger partial charge in [0.25, 0.3) is 0 Å². The van der Waals surface area contributed by atoms with Gasteiger partial charge in [-0.2, -0.15) is 0 Å². The molecule has 0 aromatic carbocycles. The molecule has 0 saturated heterocycles. The summed E-state index contributed by atoms with van der Waals surface area (Å²) in [5, 5.41) is 23.1. The third kappa shape index (κ3) is 47.6. The van der Waals surface area contributed by atoms with Crippen LogP contribution < -0.4 is 5.32 Å². The number of allylic oxidation sites excluding steroid dienone is 5. The maximum absolute atomic E-state index is 12.4. The molecular formula is C56H105NO5. The van der Waals surface area contributed by atoms with E-state index in [0.29, 0.717) is 19.4 Å². The minimum Gasteiger partial charge on any atom is -0.466 e. The van der Waals surface area contributed by atoms with E-state index < -0.39 is 12.1 Å². The second kappa shape index (κ2) is 51.7. The molecule has 0 aliphatic heterocycles. The van der Waals surface area contributed by atoms with E-state index in [0.717, 1.165) is 70.6 Å². The fourth-order valence-corrected chi connectivity index (χ4v) is 8.16. The van der Waals surface area contributed by atoms with Crippen LogP contribution in [0, 0.1) is 0 Å². The van der Waals surface area contributed by atoms with Crippen LogP contribution in [-0.4, -0.2) is 47.4 Å². The van der Waals surface area contributed by atoms with Gasteiger partial charge in [0.15, 0.2) is 0 Å². The van der Waals surface area contributed by atoms with E-state index in [1.165, 1.54) is 186 Å². The highest BCUT2D eigenvalue weighted by atomic mass is 16.5. The Morgan fingerprint density at radius 3 is 1.18 bits per heavy atom. The van der Waals surface area contributed by atoms with Crippen molar-refractivity contribution in [1.82, 2.24) is 5.32 Å². The number of hydrogen-bond donors (Lipinski definition) is 3. The molecule has 0 spiro atoms. The highest BCUT2D eigenvalue weighted by molar-refractivity contribution is 5.76. The number of aliphatic hydroxyl groups is 2. The number of rotatable bonds is 50. The van der Waals surface area contributed by atoms with Crippen molar-refractivity contribution >= 4 is 11.9 Å². The Morgan fingerprint density at radius 1 is 0.435 bits per heavy atom. The molecule has 62 heavy (non-hydrogen) atoms. The number of amides is 1. The summed E-state index contributed by atoms with van der Waals surface area (Å²) in [6.07, 6.45) is 63.0. The summed E-state index contributed by atoms with van der Waals surface area (Å²) in [5.41, 5.74) is 0. The van der Waals surface area contributed by atoms with Gasteiger partial charge in [-0.3, -0.25) is 9.59 Å². The van der Waals surface area contributed by atoms with Crippen LogP contribution in [0.3, 0.4) is 0 Å². The molecule has 0 radical (unpaired) electrons. The first-order valence-corrected chi connectivity index (χ1v) is 27.3. The lowest BCUT2D eigenvalue weighted by Gasteiger charge is -2.19. The van der Waals surface area contributed by atoms with Crippen LogP contribution >= 0.6 is 0 Å². The van der Waals surface area contributed by atoms with Crippen molar-refractivity contribution in [1.29, 1.82) is 0 Å². The Hall–Kier alpha value is -1.92. The monoisotopic (exact) mass is 872 g/mol. The Morgan fingerprint density at radius 2 is 0.774 bits per heavy atom. The largest absolute Gasteiger partial charge is 0.466 e. The molecule has 0 fully saturated rings. The van der Waals surface area contributed by atoms with Crippen LogP contribution in [0.2, 0.25) is 0 Å². The Bertz CT molecular complexity index is 1010. The van der Waals surface area contributed by atoms with Crippen LogP contribution in [0.15, 0.2) is 36.5 Å². The summed E-state index contributed by atoms with van der Waals surface area (Å²) < 4.78 is 5.44. The number of carbonyl (C=O) groups excluding carboxylic acids is 2. The molecule has 0 bridgehead atoms. The van der Waals surface area contributed by atoms with Crippen molar-refractivity contribution in [2.24, 2.45) is 0 Å². The Balaban J connectivity index is 3.58. The highest BCUT2D eigenvalue weighted by Gasteiger charge is 2.17. The van der Waals surface area contributed by atoms with Crippen molar-refractivity contribution < 1.29 is 24.5 Å². The summed E-state index contributed by atoms with van der Waals surface area (Å²) in [7, 11) is 0. The van der Waals surface area contributed by atoms with Gasteiger partial charge >= 0.3 is 5.97 Å². The predicted molar refractivity (Wildman–Crippen MR) is 269 cm³/mol. The van der Waals surface area contributed by atoms with Gasteiger partial charge in [0.05, 0.1) is 25.4 Å². The zero-order valence-electron chi connectivity index (χ0n) is 41.4. The average Bonchev–Trinajstić information content (AvgIpc) is 3.27. The van der Waals surface area contributed by atoms with E-state index in [9.17, 15) is 19.8 Å². The molecule has 3 N–H and O–H groups in total. The lowest BCUT2D eigenvalue weighted by atomic mass is 10.0. The van der Waals surface area contributed by atoms with Crippen molar-refractivity contribution in [2.75, 3.05) is 13.2 Å². The summed E-state index contributed by atoms with van der Waals surface area (Å²) in [5.74, 6) is -0.174. The first-order chi connectivity index (χ1) is 30.5. The highest BCUT2D eigenvalue weighted by Crippen LogP contribution is 2.16. The van der Waals surface area contributed by atoms with E-state index >= 15 is 0 Å². The summed E-state index contributed by atoms with van der Waals surface area (Å²) in [6, 6.07) is -0.667. The summed E-state index contributed by atoms with van der Waals surface area (Å²) in [4.78, 5) is 24.5. The summed E-state index contributed by atoms with van der Waals surface area (Å²) >= 11 is 0. The molecule has 2 unspecified atom stereocenters. The van der Waals surface area contributed by atoms with Crippen molar-refractivity contribution in [3.05, 3.63) is 36.5 Å². The molecule has 0 saturated carbocycles. The Kier molecular flexibility index (Phi) is 50.1.